The van der Waals surface area contributed by atoms with E-state index >= 15 is 0 Å². The van der Waals surface area contributed by atoms with Crippen molar-refractivity contribution in [2.24, 2.45) is 5.92 Å². The molecule has 1 atom stereocenters. The summed E-state index contributed by atoms with van der Waals surface area (Å²) < 4.78 is 17.6. The molecule has 6 heteroatoms. The maximum Gasteiger partial charge on any atom is 0.321 e. The lowest BCUT2D eigenvalue weighted by Crippen LogP contribution is -2.34. The third kappa shape index (κ3) is 3.21. The van der Waals surface area contributed by atoms with E-state index in [2.05, 4.69) is 10.1 Å². The molecule has 0 aliphatic carbocycles. The van der Waals surface area contributed by atoms with E-state index in [1.54, 1.807) is 6.07 Å². The van der Waals surface area contributed by atoms with E-state index in [4.69, 9.17) is 0 Å². The van der Waals surface area contributed by atoms with Gasteiger partial charge in [0.2, 0.25) is 0 Å². The Balaban J connectivity index is 1.93. The van der Waals surface area contributed by atoms with Crippen molar-refractivity contribution in [1.29, 1.82) is 0 Å². The fraction of sp³-hybridized carbons (Fsp3) is 0.385. The van der Waals surface area contributed by atoms with Gasteiger partial charge < -0.3 is 15.0 Å². The van der Waals surface area contributed by atoms with Gasteiger partial charge >= 0.3 is 12.0 Å². The van der Waals surface area contributed by atoms with Gasteiger partial charge in [0, 0.05) is 18.8 Å². The summed E-state index contributed by atoms with van der Waals surface area (Å²) in [5.41, 5.74) is 0.395. The molecule has 5 nitrogen and oxygen atoms in total. The molecule has 1 aliphatic heterocycles. The molecule has 1 heterocycles. The van der Waals surface area contributed by atoms with E-state index in [0.29, 0.717) is 25.2 Å². The lowest BCUT2D eigenvalue weighted by molar-refractivity contribution is -0.144. The second-order valence-corrected chi connectivity index (χ2v) is 4.40. The van der Waals surface area contributed by atoms with Crippen LogP contribution in [0.1, 0.15) is 6.42 Å². The molecule has 0 aromatic heterocycles. The number of carbonyl (C=O) groups is 2. The fourth-order valence-corrected chi connectivity index (χ4v) is 2.07. The summed E-state index contributed by atoms with van der Waals surface area (Å²) in [5, 5.41) is 2.60. The van der Waals surface area contributed by atoms with Crippen LogP contribution in [0.25, 0.3) is 0 Å². The van der Waals surface area contributed by atoms with Crippen LogP contribution in [-0.4, -0.2) is 37.1 Å². The Morgan fingerprint density at radius 3 is 2.95 bits per heavy atom. The number of anilines is 1. The molecule has 0 bridgehead atoms. The van der Waals surface area contributed by atoms with Crippen LogP contribution in [-0.2, 0) is 9.53 Å². The summed E-state index contributed by atoms with van der Waals surface area (Å²) in [5.74, 6) is -0.990. The lowest BCUT2D eigenvalue weighted by atomic mass is 10.1. The number of methoxy groups -OCH3 is 1. The van der Waals surface area contributed by atoms with Gasteiger partial charge in [-0.2, -0.15) is 0 Å². The first kappa shape index (κ1) is 13.3. The molecule has 1 aromatic carbocycles. The van der Waals surface area contributed by atoms with Crippen molar-refractivity contribution < 1.29 is 18.7 Å². The molecular formula is C13H15FN2O3. The van der Waals surface area contributed by atoms with Gasteiger partial charge in [0.25, 0.3) is 0 Å². The first-order valence-corrected chi connectivity index (χ1v) is 5.99. The molecule has 1 fully saturated rings. The van der Waals surface area contributed by atoms with Crippen LogP contribution < -0.4 is 5.32 Å². The van der Waals surface area contributed by atoms with Gasteiger partial charge in [-0.25, -0.2) is 9.18 Å². The highest BCUT2D eigenvalue weighted by molar-refractivity contribution is 5.90. The SMILES string of the molecule is COC(=O)C1CCN(C(=O)Nc2cccc(F)c2)C1. The Kier molecular flexibility index (Phi) is 3.99. The Hall–Kier alpha value is -2.11. The van der Waals surface area contributed by atoms with Crippen LogP contribution in [0.5, 0.6) is 0 Å². The molecule has 0 spiro atoms. The fourth-order valence-electron chi connectivity index (χ4n) is 2.07. The zero-order valence-electron chi connectivity index (χ0n) is 10.6. The van der Waals surface area contributed by atoms with Crippen LogP contribution in [0.2, 0.25) is 0 Å². The van der Waals surface area contributed by atoms with Crippen molar-refractivity contribution in [2.45, 2.75) is 6.42 Å². The number of rotatable bonds is 2. The largest absolute Gasteiger partial charge is 0.469 e. The zero-order valence-corrected chi connectivity index (χ0v) is 10.6. The Morgan fingerprint density at radius 2 is 2.26 bits per heavy atom. The van der Waals surface area contributed by atoms with Gasteiger partial charge in [-0.15, -0.1) is 0 Å². The number of nitrogens with one attached hydrogen (secondary N) is 1. The first-order chi connectivity index (χ1) is 9.10. The summed E-state index contributed by atoms with van der Waals surface area (Å²) in [4.78, 5) is 24.8. The van der Waals surface area contributed by atoms with Gasteiger partial charge in [-0.05, 0) is 24.6 Å². The van der Waals surface area contributed by atoms with Crippen LogP contribution in [0.15, 0.2) is 24.3 Å². The number of likely N-dealkylation sites (tertiary alicyclic amines) is 1. The topological polar surface area (TPSA) is 58.6 Å². The van der Waals surface area contributed by atoms with E-state index in [9.17, 15) is 14.0 Å². The molecule has 2 amide bonds. The van der Waals surface area contributed by atoms with E-state index in [0.717, 1.165) is 0 Å². The third-order valence-electron chi connectivity index (χ3n) is 3.09. The number of benzene rings is 1. The molecule has 1 aromatic rings. The van der Waals surface area contributed by atoms with E-state index in [1.165, 1.54) is 30.2 Å². The molecule has 1 saturated heterocycles. The first-order valence-electron chi connectivity index (χ1n) is 5.99. The number of esters is 1. The average Bonchev–Trinajstić information content (AvgIpc) is 2.87. The number of amides is 2. The maximum atomic E-state index is 13.0. The van der Waals surface area contributed by atoms with Crippen molar-refractivity contribution in [3.63, 3.8) is 0 Å². The number of hydrogen-bond donors (Lipinski definition) is 1. The Morgan fingerprint density at radius 1 is 1.47 bits per heavy atom. The molecule has 0 saturated carbocycles. The van der Waals surface area contributed by atoms with Crippen LogP contribution >= 0.6 is 0 Å². The summed E-state index contributed by atoms with van der Waals surface area (Å²) in [6, 6.07) is 5.34. The predicted octanol–water partition coefficient (Wildman–Crippen LogP) is 1.85. The summed E-state index contributed by atoms with van der Waals surface area (Å²) in [6.07, 6.45) is 0.587. The average molecular weight is 266 g/mol. The molecule has 0 radical (unpaired) electrons. The summed E-state index contributed by atoms with van der Waals surface area (Å²) in [7, 11) is 1.33. The number of hydrogen-bond acceptors (Lipinski definition) is 3. The summed E-state index contributed by atoms with van der Waals surface area (Å²) >= 11 is 0. The van der Waals surface area contributed by atoms with Crippen LogP contribution in [0, 0.1) is 11.7 Å². The number of ether oxygens (including phenoxy) is 1. The minimum Gasteiger partial charge on any atom is -0.469 e. The zero-order chi connectivity index (χ0) is 13.8. The van der Waals surface area contributed by atoms with E-state index in [-0.39, 0.29) is 17.9 Å². The highest BCUT2D eigenvalue weighted by Gasteiger charge is 2.31. The number of carbonyl (C=O) groups excluding carboxylic acids is 2. The van der Waals surface area contributed by atoms with Gasteiger partial charge in [-0.3, -0.25) is 4.79 Å². The highest BCUT2D eigenvalue weighted by atomic mass is 19.1. The van der Waals surface area contributed by atoms with Crippen LogP contribution in [0.4, 0.5) is 14.9 Å². The molecule has 1 N–H and O–H groups in total. The number of halogens is 1. The lowest BCUT2D eigenvalue weighted by Gasteiger charge is -2.17. The molecule has 1 unspecified atom stereocenters. The third-order valence-corrected chi connectivity index (χ3v) is 3.09. The summed E-state index contributed by atoms with van der Waals surface area (Å²) in [6.45, 7) is 0.814. The molecule has 1 aliphatic rings. The molecular weight excluding hydrogens is 251 g/mol. The monoisotopic (exact) mass is 266 g/mol. The Labute approximate surface area is 110 Å². The second kappa shape index (κ2) is 5.69. The van der Waals surface area contributed by atoms with Crippen LogP contribution in [0.3, 0.4) is 0 Å². The minimum atomic E-state index is -0.411. The van der Waals surface area contributed by atoms with Gasteiger partial charge in [-0.1, -0.05) is 6.07 Å². The van der Waals surface area contributed by atoms with Crippen molar-refractivity contribution in [3.8, 4) is 0 Å². The number of urea groups is 1. The minimum absolute atomic E-state index is 0.275. The van der Waals surface area contributed by atoms with E-state index in [1.807, 2.05) is 0 Å². The predicted molar refractivity (Wildman–Crippen MR) is 67.1 cm³/mol. The normalized spacial score (nSPS) is 18.2. The second-order valence-electron chi connectivity index (χ2n) is 4.40. The molecule has 19 heavy (non-hydrogen) atoms. The quantitative estimate of drug-likeness (QED) is 0.831. The van der Waals surface area contributed by atoms with Gasteiger partial charge in [0.15, 0.2) is 0 Å². The van der Waals surface area contributed by atoms with Crippen molar-refractivity contribution in [3.05, 3.63) is 30.1 Å². The van der Waals surface area contributed by atoms with Crippen molar-refractivity contribution >= 4 is 17.7 Å². The smallest absolute Gasteiger partial charge is 0.321 e. The molecule has 102 valence electrons. The van der Waals surface area contributed by atoms with Crippen molar-refractivity contribution in [1.82, 2.24) is 4.90 Å². The van der Waals surface area contributed by atoms with E-state index < -0.39 is 5.82 Å². The van der Waals surface area contributed by atoms with Gasteiger partial charge in [0.1, 0.15) is 5.82 Å². The maximum absolute atomic E-state index is 13.0. The standard InChI is InChI=1S/C13H15FN2O3/c1-19-12(17)9-5-6-16(8-9)13(18)15-11-4-2-3-10(14)7-11/h2-4,7,9H,5-6,8H2,1H3,(H,15,18). The van der Waals surface area contributed by atoms with Crippen molar-refractivity contribution in [2.75, 3.05) is 25.5 Å². The number of nitrogens with zero attached hydrogens (tertiary/aromatic N) is 1. The van der Waals surface area contributed by atoms with Gasteiger partial charge in [0.05, 0.1) is 13.0 Å². The highest BCUT2D eigenvalue weighted by Crippen LogP contribution is 2.19. The molecule has 2 rings (SSSR count). The Bertz CT molecular complexity index is 493.